The fourth-order valence-electron chi connectivity index (χ4n) is 2.39. The molecular weight excluding hydrogens is 350 g/mol. The highest BCUT2D eigenvalue weighted by atomic mass is 16.6. The van der Waals surface area contributed by atoms with Crippen LogP contribution in [-0.4, -0.2) is 37.2 Å². The Kier molecular flexibility index (Phi) is 10.2. The molecule has 1 aromatic rings. The van der Waals surface area contributed by atoms with Gasteiger partial charge >= 0.3 is 6.09 Å². The molecule has 0 aliphatic carbocycles. The fourth-order valence-corrected chi connectivity index (χ4v) is 2.39. The Morgan fingerprint density at radius 3 is 2.48 bits per heavy atom. The molecule has 1 unspecified atom stereocenters. The maximum Gasteiger partial charge on any atom is 0.410 e. The summed E-state index contributed by atoms with van der Waals surface area (Å²) < 4.78 is 10.5. The van der Waals surface area contributed by atoms with E-state index in [1.807, 2.05) is 0 Å². The number of benzene rings is 1. The van der Waals surface area contributed by atoms with E-state index >= 15 is 0 Å². The van der Waals surface area contributed by atoms with Crippen LogP contribution in [0.5, 0.6) is 5.75 Å². The zero-order valence-electron chi connectivity index (χ0n) is 15.8. The van der Waals surface area contributed by atoms with E-state index in [0.29, 0.717) is 17.9 Å². The average molecular weight is 377 g/mol. The van der Waals surface area contributed by atoms with Crippen molar-refractivity contribution < 1.29 is 19.1 Å². The van der Waals surface area contributed by atoms with Crippen LogP contribution >= 0.6 is 0 Å². The number of nitrogens with two attached hydrogens (primary N) is 1. The fraction of sp³-hybridized carbons (Fsp3) is 0.556. The molecule has 0 aliphatic rings. The molecular formula is C18H27N5O4. The molecule has 9 nitrogen and oxygen atoms in total. The van der Waals surface area contributed by atoms with Gasteiger partial charge in [0, 0.05) is 24.1 Å². The topological polar surface area (TPSA) is 131 Å². The molecule has 148 valence electrons. The third-order valence-electron chi connectivity index (χ3n) is 3.92. The van der Waals surface area contributed by atoms with E-state index in [1.54, 1.807) is 31.3 Å². The number of carbonyl (C=O) groups excluding carboxylic acids is 2. The van der Waals surface area contributed by atoms with Gasteiger partial charge in [-0.2, -0.15) is 0 Å². The van der Waals surface area contributed by atoms with Crippen molar-refractivity contribution in [2.45, 2.75) is 45.1 Å². The molecule has 0 spiro atoms. The number of amides is 2. The van der Waals surface area contributed by atoms with Gasteiger partial charge in [0.2, 0.25) is 6.10 Å². The predicted molar refractivity (Wildman–Crippen MR) is 101 cm³/mol. The van der Waals surface area contributed by atoms with Gasteiger partial charge in [0.05, 0.1) is 0 Å². The Balaban J connectivity index is 2.60. The molecule has 0 saturated heterocycles. The number of rotatable bonds is 12. The number of ether oxygens (including phenoxy) is 2. The zero-order chi connectivity index (χ0) is 20.1. The third-order valence-corrected chi connectivity index (χ3v) is 3.92. The predicted octanol–water partition coefficient (Wildman–Crippen LogP) is 3.90. The van der Waals surface area contributed by atoms with E-state index in [0.717, 1.165) is 25.7 Å². The molecule has 0 heterocycles. The molecule has 0 saturated carbocycles. The number of unbranched alkanes of at least 4 members (excludes halogenated alkanes) is 4. The van der Waals surface area contributed by atoms with Crippen molar-refractivity contribution in [1.82, 2.24) is 4.90 Å². The van der Waals surface area contributed by atoms with E-state index in [2.05, 4.69) is 16.9 Å². The first kappa shape index (κ1) is 22.1. The number of carbonyl (C=O) groups is 2. The first-order chi connectivity index (χ1) is 13.0. The van der Waals surface area contributed by atoms with Crippen LogP contribution in [0.1, 0.15) is 50.7 Å². The van der Waals surface area contributed by atoms with Crippen LogP contribution in [0.15, 0.2) is 29.4 Å². The van der Waals surface area contributed by atoms with Gasteiger partial charge in [-0.1, -0.05) is 49.9 Å². The van der Waals surface area contributed by atoms with Gasteiger partial charge in [0.25, 0.3) is 5.91 Å². The second-order valence-corrected chi connectivity index (χ2v) is 6.08. The molecule has 0 radical (unpaired) electrons. The summed E-state index contributed by atoms with van der Waals surface area (Å²) in [5, 5.41) is 3.26. The van der Waals surface area contributed by atoms with Gasteiger partial charge in [0.1, 0.15) is 5.75 Å². The maximum absolute atomic E-state index is 12.2. The highest BCUT2D eigenvalue weighted by Gasteiger charge is 2.24. The number of hydrogen-bond acceptors (Lipinski definition) is 5. The van der Waals surface area contributed by atoms with Crippen LogP contribution in [-0.2, 0) is 9.53 Å². The van der Waals surface area contributed by atoms with Gasteiger partial charge in [-0.05, 0) is 24.1 Å². The third kappa shape index (κ3) is 8.33. The van der Waals surface area contributed by atoms with E-state index in [1.165, 1.54) is 11.3 Å². The molecule has 1 atom stereocenters. The van der Waals surface area contributed by atoms with E-state index in [4.69, 9.17) is 20.7 Å². The minimum absolute atomic E-state index is 0.146. The van der Waals surface area contributed by atoms with Crippen molar-refractivity contribution in [1.29, 1.82) is 0 Å². The van der Waals surface area contributed by atoms with Crippen molar-refractivity contribution in [3.63, 3.8) is 0 Å². The lowest BCUT2D eigenvalue weighted by Gasteiger charge is -2.21. The highest BCUT2D eigenvalue weighted by Crippen LogP contribution is 2.21. The molecule has 9 heteroatoms. The van der Waals surface area contributed by atoms with Crippen LogP contribution in [0.3, 0.4) is 0 Å². The average Bonchev–Trinajstić information content (AvgIpc) is 2.66. The van der Waals surface area contributed by atoms with Crippen molar-refractivity contribution in [2.75, 3.05) is 20.3 Å². The van der Waals surface area contributed by atoms with Gasteiger partial charge in [0.15, 0.2) is 6.73 Å². The zero-order valence-corrected chi connectivity index (χ0v) is 15.8. The number of nitrogens with zero attached hydrogens (tertiary/aromatic N) is 4. The largest absolute Gasteiger partial charge is 0.488 e. The Morgan fingerprint density at radius 2 is 1.89 bits per heavy atom. The van der Waals surface area contributed by atoms with E-state index in [9.17, 15) is 9.59 Å². The molecule has 0 bridgehead atoms. The smallest absolute Gasteiger partial charge is 0.410 e. The summed E-state index contributed by atoms with van der Waals surface area (Å²) >= 11 is 0. The second kappa shape index (κ2) is 12.4. The van der Waals surface area contributed by atoms with Crippen LogP contribution in [0.25, 0.3) is 10.4 Å². The standard InChI is InChI=1S/C18H27N5O4/c1-3-4-5-6-7-12-23(2)18(25)27-16(17(19)24)14-8-10-15(11-9-14)26-13-21-22-20/h8-11,16H,3-7,12-13H2,1-2H3,(H2,19,24). The van der Waals surface area contributed by atoms with Gasteiger partial charge in [-0.25, -0.2) is 4.79 Å². The molecule has 0 aliphatic heterocycles. The Hall–Kier alpha value is -2.93. The lowest BCUT2D eigenvalue weighted by molar-refractivity contribution is -0.127. The first-order valence-electron chi connectivity index (χ1n) is 8.94. The minimum atomic E-state index is -1.19. The summed E-state index contributed by atoms with van der Waals surface area (Å²) in [6.07, 6.45) is 3.61. The summed E-state index contributed by atoms with van der Waals surface area (Å²) in [7, 11) is 1.63. The van der Waals surface area contributed by atoms with Gasteiger partial charge in [-0.15, -0.1) is 0 Å². The molecule has 1 aromatic carbocycles. The summed E-state index contributed by atoms with van der Waals surface area (Å²) in [5.41, 5.74) is 14.0. The Morgan fingerprint density at radius 1 is 1.22 bits per heavy atom. The summed E-state index contributed by atoms with van der Waals surface area (Å²) in [6, 6.07) is 6.28. The van der Waals surface area contributed by atoms with E-state index in [-0.39, 0.29) is 6.73 Å². The highest BCUT2D eigenvalue weighted by molar-refractivity contribution is 5.83. The first-order valence-corrected chi connectivity index (χ1v) is 8.94. The van der Waals surface area contributed by atoms with Gasteiger partial charge in [-0.3, -0.25) is 4.79 Å². The molecule has 27 heavy (non-hydrogen) atoms. The molecule has 1 rings (SSSR count). The quantitative estimate of drug-likeness (QED) is 0.256. The van der Waals surface area contributed by atoms with Crippen LogP contribution < -0.4 is 10.5 Å². The summed E-state index contributed by atoms with van der Waals surface area (Å²) in [4.78, 5) is 28.0. The molecule has 2 amide bonds. The van der Waals surface area contributed by atoms with Crippen molar-refractivity contribution in [2.24, 2.45) is 10.8 Å². The Bertz CT molecular complexity index is 644. The lowest BCUT2D eigenvalue weighted by Crippen LogP contribution is -2.33. The van der Waals surface area contributed by atoms with Gasteiger partial charge < -0.3 is 20.1 Å². The lowest BCUT2D eigenvalue weighted by atomic mass is 10.1. The van der Waals surface area contributed by atoms with Crippen LogP contribution in [0.4, 0.5) is 4.79 Å². The number of azide groups is 1. The summed E-state index contributed by atoms with van der Waals surface area (Å²) in [6.45, 7) is 2.56. The van der Waals surface area contributed by atoms with Crippen molar-refractivity contribution in [3.05, 3.63) is 40.3 Å². The summed E-state index contributed by atoms with van der Waals surface area (Å²) in [5.74, 6) is -0.313. The van der Waals surface area contributed by atoms with E-state index < -0.39 is 18.1 Å². The second-order valence-electron chi connectivity index (χ2n) is 6.08. The number of primary amides is 1. The maximum atomic E-state index is 12.2. The molecule has 2 N–H and O–H groups in total. The Labute approximate surface area is 159 Å². The number of hydrogen-bond donors (Lipinski definition) is 1. The normalized spacial score (nSPS) is 11.2. The monoisotopic (exact) mass is 377 g/mol. The molecule has 0 aromatic heterocycles. The van der Waals surface area contributed by atoms with Crippen molar-refractivity contribution >= 4 is 12.0 Å². The van der Waals surface area contributed by atoms with Crippen LogP contribution in [0, 0.1) is 0 Å². The van der Waals surface area contributed by atoms with Crippen molar-refractivity contribution in [3.8, 4) is 5.75 Å². The SMILES string of the molecule is CCCCCCCN(C)C(=O)OC(C(N)=O)c1ccc(OCN=[N+]=[N-])cc1. The van der Waals surface area contributed by atoms with Crippen LogP contribution in [0.2, 0.25) is 0 Å². The minimum Gasteiger partial charge on any atom is -0.488 e. The molecule has 0 fully saturated rings.